The molecule has 0 aromatic heterocycles. The second-order valence-electron chi connectivity index (χ2n) is 7.89. The Morgan fingerprint density at radius 3 is 1.68 bits per heavy atom. The minimum Gasteiger partial charge on any atom is -0.466 e. The van der Waals surface area contributed by atoms with Crippen LogP contribution in [0.5, 0.6) is 0 Å². The van der Waals surface area contributed by atoms with Crippen LogP contribution < -0.4 is 11.1 Å². The summed E-state index contributed by atoms with van der Waals surface area (Å²) in [5.74, 6) is -0.0836. The third-order valence-electron chi connectivity index (χ3n) is 5.13. The fourth-order valence-electron chi connectivity index (χ4n) is 3.30. The minimum absolute atomic E-state index is 0.0836. The van der Waals surface area contributed by atoms with Crippen molar-refractivity contribution in [1.29, 1.82) is 0 Å². The molecule has 0 bridgehead atoms. The zero-order valence-corrected chi connectivity index (χ0v) is 18.4. The second kappa shape index (κ2) is 24.4. The molecule has 0 aliphatic carbocycles. The molecule has 0 aromatic rings. The molecule has 0 spiro atoms. The summed E-state index contributed by atoms with van der Waals surface area (Å²) in [6.07, 6.45) is 20.2. The topological polar surface area (TPSA) is 84.6 Å². The number of carbonyl (C=O) groups is 1. The Morgan fingerprint density at radius 1 is 0.679 bits per heavy atom. The molecule has 0 amide bonds. The van der Waals surface area contributed by atoms with Crippen LogP contribution in [0.2, 0.25) is 0 Å². The van der Waals surface area contributed by atoms with Crippen LogP contribution in [0.1, 0.15) is 109 Å². The van der Waals surface area contributed by atoms with Gasteiger partial charge in [-0.2, -0.15) is 0 Å². The van der Waals surface area contributed by atoms with E-state index in [1.54, 1.807) is 0 Å². The number of rotatable bonds is 23. The van der Waals surface area contributed by atoms with Gasteiger partial charge in [0.2, 0.25) is 0 Å². The van der Waals surface area contributed by atoms with Crippen LogP contribution in [0.4, 0.5) is 0 Å². The molecular formula is C23H48N2O3. The molecule has 5 heteroatoms. The predicted octanol–water partition coefficient (Wildman–Crippen LogP) is 4.70. The molecule has 0 fully saturated rings. The molecule has 28 heavy (non-hydrogen) atoms. The average Bonchev–Trinajstić information content (AvgIpc) is 2.70. The first kappa shape index (κ1) is 27.4. The monoisotopic (exact) mass is 400 g/mol. The van der Waals surface area contributed by atoms with Gasteiger partial charge in [-0.3, -0.25) is 4.79 Å². The van der Waals surface area contributed by atoms with Crippen molar-refractivity contribution in [2.75, 3.05) is 32.8 Å². The Hall–Kier alpha value is -0.650. The molecule has 0 aliphatic rings. The summed E-state index contributed by atoms with van der Waals surface area (Å²) in [6.45, 7) is 3.28. The maximum Gasteiger partial charge on any atom is 0.307 e. The van der Waals surface area contributed by atoms with Crippen molar-refractivity contribution in [2.45, 2.75) is 109 Å². The van der Waals surface area contributed by atoms with E-state index in [0.29, 0.717) is 26.2 Å². The van der Waals surface area contributed by atoms with Crippen LogP contribution in [-0.4, -0.2) is 43.9 Å². The van der Waals surface area contributed by atoms with Crippen LogP contribution in [0.3, 0.4) is 0 Å². The van der Waals surface area contributed by atoms with E-state index in [2.05, 4.69) is 5.32 Å². The molecule has 0 heterocycles. The van der Waals surface area contributed by atoms with Gasteiger partial charge >= 0.3 is 5.97 Å². The molecule has 0 saturated carbocycles. The van der Waals surface area contributed by atoms with E-state index in [1.165, 1.54) is 77.0 Å². The minimum atomic E-state index is -0.0836. The molecule has 0 rings (SSSR count). The Balaban J connectivity index is 3.10. The number of esters is 1. The van der Waals surface area contributed by atoms with Gasteiger partial charge < -0.3 is 20.9 Å². The lowest BCUT2D eigenvalue weighted by atomic mass is 10.0. The van der Waals surface area contributed by atoms with Gasteiger partial charge in [-0.15, -0.1) is 0 Å². The lowest BCUT2D eigenvalue weighted by Crippen LogP contribution is -2.21. The molecule has 0 atom stereocenters. The number of hydrogen-bond acceptors (Lipinski definition) is 5. The fraction of sp³-hybridized carbons (Fsp3) is 0.957. The highest BCUT2D eigenvalue weighted by molar-refractivity contribution is 5.69. The van der Waals surface area contributed by atoms with Gasteiger partial charge in [0.05, 0.1) is 13.0 Å². The van der Waals surface area contributed by atoms with E-state index in [-0.39, 0.29) is 5.97 Å². The number of nitrogens with one attached hydrogen (secondary N) is 1. The summed E-state index contributed by atoms with van der Waals surface area (Å²) in [7, 11) is 0. The van der Waals surface area contributed by atoms with Gasteiger partial charge in [-0.1, -0.05) is 77.0 Å². The number of unbranched alkanes of at least 4 members (excludes halogenated alkanes) is 14. The smallest absolute Gasteiger partial charge is 0.307 e. The summed E-state index contributed by atoms with van der Waals surface area (Å²) in [6, 6.07) is 0. The third kappa shape index (κ3) is 23.4. The van der Waals surface area contributed by atoms with E-state index in [1.807, 2.05) is 0 Å². The average molecular weight is 401 g/mol. The lowest BCUT2D eigenvalue weighted by Gasteiger charge is -2.06. The second-order valence-corrected chi connectivity index (χ2v) is 7.89. The highest BCUT2D eigenvalue weighted by Gasteiger charge is 2.02. The van der Waals surface area contributed by atoms with Crippen LogP contribution in [0.15, 0.2) is 0 Å². The van der Waals surface area contributed by atoms with Crippen LogP contribution in [-0.2, 0) is 9.53 Å². The van der Waals surface area contributed by atoms with Gasteiger partial charge in [0.1, 0.15) is 0 Å². The molecule has 0 saturated heterocycles. The molecule has 5 nitrogen and oxygen atoms in total. The molecular weight excluding hydrogens is 352 g/mol. The third-order valence-corrected chi connectivity index (χ3v) is 5.13. The standard InChI is InChI=1S/C23H48N2O3/c24-18-13-14-19-25-20-17-23(27)28-22-16-12-10-8-6-4-2-1-3-5-7-9-11-15-21-26/h25-26H,1-22,24H2. The Bertz CT molecular complexity index is 314. The first-order chi connectivity index (χ1) is 13.8. The first-order valence-corrected chi connectivity index (χ1v) is 12.0. The zero-order valence-electron chi connectivity index (χ0n) is 18.4. The SMILES string of the molecule is NCCCCNCCC(=O)OCCCCCCCCCCCCCCCCO. The number of ether oxygens (including phenoxy) is 1. The summed E-state index contributed by atoms with van der Waals surface area (Å²) in [5.41, 5.74) is 5.44. The van der Waals surface area contributed by atoms with E-state index < -0.39 is 0 Å². The molecule has 0 aromatic carbocycles. The van der Waals surface area contributed by atoms with E-state index in [0.717, 1.165) is 38.8 Å². The number of aliphatic hydroxyl groups excluding tert-OH is 1. The van der Waals surface area contributed by atoms with E-state index >= 15 is 0 Å². The Kier molecular flexibility index (Phi) is 23.8. The van der Waals surface area contributed by atoms with Crippen LogP contribution >= 0.6 is 0 Å². The maximum absolute atomic E-state index is 11.6. The summed E-state index contributed by atoms with van der Waals surface area (Å²) in [4.78, 5) is 11.6. The maximum atomic E-state index is 11.6. The highest BCUT2D eigenvalue weighted by atomic mass is 16.5. The van der Waals surface area contributed by atoms with Crippen molar-refractivity contribution < 1.29 is 14.6 Å². The molecule has 4 N–H and O–H groups in total. The summed E-state index contributed by atoms with van der Waals surface area (Å²) >= 11 is 0. The van der Waals surface area contributed by atoms with Crippen molar-refractivity contribution in [2.24, 2.45) is 5.73 Å². The molecule has 0 radical (unpaired) electrons. The lowest BCUT2D eigenvalue weighted by molar-refractivity contribution is -0.143. The van der Waals surface area contributed by atoms with E-state index in [4.69, 9.17) is 15.6 Å². The quantitative estimate of drug-likeness (QED) is 0.171. The van der Waals surface area contributed by atoms with Crippen molar-refractivity contribution in [3.8, 4) is 0 Å². The number of aliphatic hydroxyl groups is 1. The number of carbonyl (C=O) groups excluding carboxylic acids is 1. The number of hydrogen-bond donors (Lipinski definition) is 3. The van der Waals surface area contributed by atoms with Crippen molar-refractivity contribution >= 4 is 5.97 Å². The van der Waals surface area contributed by atoms with E-state index in [9.17, 15) is 4.79 Å². The van der Waals surface area contributed by atoms with Crippen LogP contribution in [0.25, 0.3) is 0 Å². The van der Waals surface area contributed by atoms with Gasteiger partial charge in [0, 0.05) is 13.2 Å². The van der Waals surface area contributed by atoms with Gasteiger partial charge in [0.15, 0.2) is 0 Å². The Morgan fingerprint density at radius 2 is 1.18 bits per heavy atom. The Labute approximate surface area is 174 Å². The van der Waals surface area contributed by atoms with Crippen molar-refractivity contribution in [3.05, 3.63) is 0 Å². The van der Waals surface area contributed by atoms with Gasteiger partial charge in [-0.25, -0.2) is 0 Å². The highest BCUT2D eigenvalue weighted by Crippen LogP contribution is 2.13. The summed E-state index contributed by atoms with van der Waals surface area (Å²) < 4.78 is 5.27. The number of nitrogens with two attached hydrogens (primary N) is 1. The molecule has 0 unspecified atom stereocenters. The van der Waals surface area contributed by atoms with Crippen LogP contribution in [0, 0.1) is 0 Å². The zero-order chi connectivity index (χ0) is 20.5. The fourth-order valence-corrected chi connectivity index (χ4v) is 3.30. The molecule has 168 valence electrons. The predicted molar refractivity (Wildman–Crippen MR) is 118 cm³/mol. The first-order valence-electron chi connectivity index (χ1n) is 12.0. The van der Waals surface area contributed by atoms with Gasteiger partial charge in [0.25, 0.3) is 0 Å². The largest absolute Gasteiger partial charge is 0.466 e. The molecule has 0 aliphatic heterocycles. The normalized spacial score (nSPS) is 11.1. The summed E-state index contributed by atoms with van der Waals surface area (Å²) in [5, 5.41) is 12.0. The van der Waals surface area contributed by atoms with Crippen molar-refractivity contribution in [3.63, 3.8) is 0 Å². The van der Waals surface area contributed by atoms with Crippen molar-refractivity contribution in [1.82, 2.24) is 5.32 Å². The van der Waals surface area contributed by atoms with Gasteiger partial charge in [-0.05, 0) is 38.8 Å².